The molecule has 0 spiro atoms. The molecule has 1 amide bonds. The van der Waals surface area contributed by atoms with E-state index in [9.17, 15) is 4.79 Å². The molecule has 0 atom stereocenters. The molecule has 0 bridgehead atoms. The first-order chi connectivity index (χ1) is 12.0. The normalized spacial score (nSPS) is 10.9. The third-order valence-electron chi connectivity index (χ3n) is 3.96. The molecule has 0 radical (unpaired) electrons. The van der Waals surface area contributed by atoms with Gasteiger partial charge < -0.3 is 15.4 Å². The number of amides is 1. The van der Waals surface area contributed by atoms with Gasteiger partial charge in [-0.2, -0.15) is 5.10 Å². The molecule has 2 N–H and O–H groups in total. The second-order valence-electron chi connectivity index (χ2n) is 5.81. The fourth-order valence-corrected chi connectivity index (χ4v) is 2.70. The number of carbonyl (C=O) groups is 1. The van der Waals surface area contributed by atoms with E-state index in [2.05, 4.69) is 15.7 Å². The number of hydrogen-bond acceptors (Lipinski definition) is 4. The van der Waals surface area contributed by atoms with E-state index >= 15 is 0 Å². The van der Waals surface area contributed by atoms with Gasteiger partial charge in [0.05, 0.1) is 24.4 Å². The maximum absolute atomic E-state index is 12.2. The number of carbonyl (C=O) groups excluding carboxylic acids is 1. The maximum Gasteiger partial charge on any atom is 0.224 e. The molecule has 0 fully saturated rings. The van der Waals surface area contributed by atoms with E-state index in [1.165, 1.54) is 0 Å². The number of benzene rings is 1. The molecule has 0 saturated carbocycles. The van der Waals surface area contributed by atoms with Gasteiger partial charge in [-0.25, -0.2) is 4.68 Å². The monoisotopic (exact) mass is 364 g/mol. The van der Waals surface area contributed by atoms with Crippen molar-refractivity contribution in [3.8, 4) is 5.69 Å². The number of aryl methyl sites for hydroxylation is 1. The van der Waals surface area contributed by atoms with Crippen molar-refractivity contribution in [2.45, 2.75) is 20.3 Å². The van der Waals surface area contributed by atoms with Crippen LogP contribution < -0.4 is 10.6 Å². The van der Waals surface area contributed by atoms with Crippen molar-refractivity contribution in [2.24, 2.45) is 0 Å². The van der Waals surface area contributed by atoms with E-state index in [-0.39, 0.29) is 5.91 Å². The van der Waals surface area contributed by atoms with Crippen LogP contribution in [0.15, 0.2) is 24.3 Å². The predicted molar refractivity (Wildman–Crippen MR) is 99.5 cm³/mol. The van der Waals surface area contributed by atoms with Crippen LogP contribution in [0.1, 0.15) is 17.0 Å². The van der Waals surface area contributed by atoms with Crippen LogP contribution in [0.5, 0.6) is 0 Å². The summed E-state index contributed by atoms with van der Waals surface area (Å²) in [5.74, 6) is -0.00426. The second-order valence-corrected chi connectivity index (χ2v) is 6.24. The molecule has 0 aliphatic carbocycles. The molecule has 0 saturated heterocycles. The van der Waals surface area contributed by atoms with E-state index in [4.69, 9.17) is 16.3 Å². The zero-order valence-corrected chi connectivity index (χ0v) is 15.7. The minimum Gasteiger partial charge on any atom is -0.383 e. The Hall–Kier alpha value is -1.89. The maximum atomic E-state index is 12.2. The van der Waals surface area contributed by atoms with Crippen molar-refractivity contribution >= 4 is 17.5 Å². The molecule has 1 heterocycles. The van der Waals surface area contributed by atoms with E-state index in [1.54, 1.807) is 7.11 Å². The molecule has 2 rings (SSSR count). The van der Waals surface area contributed by atoms with Crippen LogP contribution in [-0.4, -0.2) is 49.0 Å². The van der Waals surface area contributed by atoms with Crippen LogP contribution >= 0.6 is 11.6 Å². The summed E-state index contributed by atoms with van der Waals surface area (Å²) in [6.45, 7) is 6.65. The zero-order valence-electron chi connectivity index (χ0n) is 14.9. The van der Waals surface area contributed by atoms with Gasteiger partial charge in [0.15, 0.2) is 0 Å². The summed E-state index contributed by atoms with van der Waals surface area (Å²) >= 11 is 5.94. The highest BCUT2D eigenvalue weighted by Gasteiger charge is 2.15. The van der Waals surface area contributed by atoms with Crippen LogP contribution in [-0.2, 0) is 16.0 Å². The molecule has 0 aliphatic heterocycles. The van der Waals surface area contributed by atoms with Gasteiger partial charge >= 0.3 is 0 Å². The van der Waals surface area contributed by atoms with Crippen molar-refractivity contribution < 1.29 is 9.53 Å². The molecule has 136 valence electrons. The molecule has 7 heteroatoms. The minimum absolute atomic E-state index is 0.00426. The lowest BCUT2D eigenvalue weighted by Gasteiger charge is -2.08. The highest BCUT2D eigenvalue weighted by molar-refractivity contribution is 6.30. The Kier molecular flexibility index (Phi) is 7.43. The van der Waals surface area contributed by atoms with Crippen LogP contribution in [0.25, 0.3) is 5.69 Å². The first-order valence-electron chi connectivity index (χ1n) is 8.30. The number of methoxy groups -OCH3 is 1. The summed E-state index contributed by atoms with van der Waals surface area (Å²) in [6, 6.07) is 7.49. The van der Waals surface area contributed by atoms with E-state index in [0.717, 1.165) is 35.7 Å². The summed E-state index contributed by atoms with van der Waals surface area (Å²) in [7, 11) is 1.67. The molecule has 0 aliphatic rings. The molecule has 1 aromatic heterocycles. The van der Waals surface area contributed by atoms with Gasteiger partial charge in [-0.1, -0.05) is 11.6 Å². The summed E-state index contributed by atoms with van der Waals surface area (Å²) in [6.07, 6.45) is 0.323. The molecule has 1 aromatic carbocycles. The van der Waals surface area contributed by atoms with Gasteiger partial charge in [0, 0.05) is 43.0 Å². The zero-order chi connectivity index (χ0) is 18.2. The number of aromatic nitrogens is 2. The third kappa shape index (κ3) is 5.56. The number of halogens is 1. The van der Waals surface area contributed by atoms with Crippen LogP contribution in [0.2, 0.25) is 5.02 Å². The Labute approximate surface area is 153 Å². The number of nitrogens with zero attached hydrogens (tertiary/aromatic N) is 2. The Morgan fingerprint density at radius 2 is 1.92 bits per heavy atom. The van der Waals surface area contributed by atoms with Gasteiger partial charge in [0.1, 0.15) is 0 Å². The second kappa shape index (κ2) is 9.56. The summed E-state index contributed by atoms with van der Waals surface area (Å²) in [4.78, 5) is 12.2. The van der Waals surface area contributed by atoms with Crippen LogP contribution in [0, 0.1) is 13.8 Å². The molecule has 6 nitrogen and oxygen atoms in total. The average Bonchev–Trinajstić information content (AvgIpc) is 2.87. The van der Waals surface area contributed by atoms with Gasteiger partial charge in [-0.3, -0.25) is 4.79 Å². The lowest BCUT2D eigenvalue weighted by Crippen LogP contribution is -2.34. The number of hydrogen-bond donors (Lipinski definition) is 2. The Morgan fingerprint density at radius 1 is 1.20 bits per heavy atom. The lowest BCUT2D eigenvalue weighted by molar-refractivity contribution is -0.120. The smallest absolute Gasteiger partial charge is 0.224 e. The standard InChI is InChI=1S/C18H25ClN4O2/c1-13-17(12-18(24)21-9-8-20-10-11-25-3)14(2)23(22-13)16-6-4-15(19)5-7-16/h4-7,20H,8-12H2,1-3H3,(H,21,24). The van der Waals surface area contributed by atoms with Gasteiger partial charge in [0.25, 0.3) is 0 Å². The SMILES string of the molecule is COCCNCCNC(=O)Cc1c(C)nn(-c2ccc(Cl)cc2)c1C. The van der Waals surface area contributed by atoms with Gasteiger partial charge in [0.2, 0.25) is 5.91 Å². The largest absolute Gasteiger partial charge is 0.383 e. The van der Waals surface area contributed by atoms with Crippen LogP contribution in [0.4, 0.5) is 0 Å². The Balaban J connectivity index is 1.94. The number of ether oxygens (including phenoxy) is 1. The van der Waals surface area contributed by atoms with E-state index in [0.29, 0.717) is 24.6 Å². The topological polar surface area (TPSA) is 68.2 Å². The first kappa shape index (κ1) is 19.4. The quantitative estimate of drug-likeness (QED) is 0.668. The predicted octanol–water partition coefficient (Wildman–Crippen LogP) is 2.04. The average molecular weight is 365 g/mol. The van der Waals surface area contributed by atoms with Gasteiger partial charge in [-0.15, -0.1) is 0 Å². The number of rotatable bonds is 9. The Bertz CT molecular complexity index is 698. The highest BCUT2D eigenvalue weighted by Crippen LogP contribution is 2.20. The molecule has 0 unspecified atom stereocenters. The third-order valence-corrected chi connectivity index (χ3v) is 4.21. The van der Waals surface area contributed by atoms with Crippen molar-refractivity contribution in [3.05, 3.63) is 46.2 Å². The lowest BCUT2D eigenvalue weighted by atomic mass is 10.1. The summed E-state index contributed by atoms with van der Waals surface area (Å²) in [5, 5.41) is 11.4. The molecular weight excluding hydrogens is 340 g/mol. The van der Waals surface area contributed by atoms with Crippen molar-refractivity contribution in [1.29, 1.82) is 0 Å². The van der Waals surface area contributed by atoms with Crippen molar-refractivity contribution in [3.63, 3.8) is 0 Å². The Morgan fingerprint density at radius 3 is 2.60 bits per heavy atom. The highest BCUT2D eigenvalue weighted by atomic mass is 35.5. The van der Waals surface area contributed by atoms with Crippen LogP contribution in [0.3, 0.4) is 0 Å². The fraction of sp³-hybridized carbons (Fsp3) is 0.444. The summed E-state index contributed by atoms with van der Waals surface area (Å²) < 4.78 is 6.80. The van der Waals surface area contributed by atoms with Crippen molar-refractivity contribution in [1.82, 2.24) is 20.4 Å². The van der Waals surface area contributed by atoms with E-state index < -0.39 is 0 Å². The fourth-order valence-electron chi connectivity index (χ4n) is 2.58. The molecule has 2 aromatic rings. The first-order valence-corrected chi connectivity index (χ1v) is 8.68. The van der Waals surface area contributed by atoms with Gasteiger partial charge in [-0.05, 0) is 38.1 Å². The van der Waals surface area contributed by atoms with E-state index in [1.807, 2.05) is 42.8 Å². The van der Waals surface area contributed by atoms with Crippen molar-refractivity contribution in [2.75, 3.05) is 33.4 Å². The molecule has 25 heavy (non-hydrogen) atoms. The molecular formula is C18H25ClN4O2. The number of nitrogens with one attached hydrogen (secondary N) is 2. The summed E-state index contributed by atoms with van der Waals surface area (Å²) in [5.41, 5.74) is 3.72. The minimum atomic E-state index is -0.00426.